The van der Waals surface area contributed by atoms with E-state index in [9.17, 15) is 14.7 Å². The molecule has 0 bridgehead atoms. The fourth-order valence-electron chi connectivity index (χ4n) is 2.97. The molecule has 1 amide bonds. The zero-order valence-electron chi connectivity index (χ0n) is 12.6. The van der Waals surface area contributed by atoms with E-state index < -0.39 is 12.0 Å². The third kappa shape index (κ3) is 2.09. The average molecular weight is 303 g/mol. The van der Waals surface area contributed by atoms with Gasteiger partial charge in [-0.05, 0) is 26.0 Å². The Kier molecular flexibility index (Phi) is 3.27. The molecule has 3 rings (SSSR count). The maximum Gasteiger partial charge on any atom is 0.338 e. The van der Waals surface area contributed by atoms with Gasteiger partial charge in [0.2, 0.25) is 5.91 Å². The molecule has 1 N–H and O–H groups in total. The third-order valence-corrected chi connectivity index (χ3v) is 4.02. The van der Waals surface area contributed by atoms with Crippen LogP contribution in [0.25, 0.3) is 11.1 Å². The van der Waals surface area contributed by atoms with Crippen LogP contribution in [0.2, 0.25) is 0 Å². The van der Waals surface area contributed by atoms with Crippen molar-refractivity contribution in [3.8, 4) is 0 Å². The number of aromatic nitrogens is 1. The highest BCUT2D eigenvalue weighted by atomic mass is 16.4. The van der Waals surface area contributed by atoms with Gasteiger partial charge in [0.05, 0.1) is 5.56 Å². The summed E-state index contributed by atoms with van der Waals surface area (Å²) in [6.07, 6.45) is 0. The molecule has 22 heavy (non-hydrogen) atoms. The minimum absolute atomic E-state index is 0.0150. The highest BCUT2D eigenvalue weighted by Gasteiger charge is 2.37. The van der Waals surface area contributed by atoms with Crippen LogP contribution in [0.1, 0.15) is 24.2 Å². The summed E-state index contributed by atoms with van der Waals surface area (Å²) in [5.41, 5.74) is 0.796. The van der Waals surface area contributed by atoms with Crippen LogP contribution in [0.15, 0.2) is 22.6 Å². The van der Waals surface area contributed by atoms with Gasteiger partial charge in [-0.1, -0.05) is 6.07 Å². The number of likely N-dealkylation sites (N-methyl/N-ethyl adjacent to an activating group) is 1. The number of carboxylic acid groups (broad SMARTS) is 1. The van der Waals surface area contributed by atoms with Gasteiger partial charge in [-0.2, -0.15) is 4.98 Å². The van der Waals surface area contributed by atoms with E-state index in [0.29, 0.717) is 17.6 Å². The summed E-state index contributed by atoms with van der Waals surface area (Å²) in [4.78, 5) is 31.2. The summed E-state index contributed by atoms with van der Waals surface area (Å²) in [6, 6.07) is 4.67. The summed E-state index contributed by atoms with van der Waals surface area (Å²) in [6.45, 7) is 4.33. The summed E-state index contributed by atoms with van der Waals surface area (Å²) >= 11 is 0. The molecule has 0 spiro atoms. The molecule has 2 aromatic rings. The Balaban J connectivity index is 2.08. The highest BCUT2D eigenvalue weighted by molar-refractivity contribution is 6.00. The van der Waals surface area contributed by atoms with E-state index in [0.717, 1.165) is 0 Å². The fraction of sp³-hybridized carbons (Fsp3) is 0.400. The van der Waals surface area contributed by atoms with E-state index >= 15 is 0 Å². The number of amides is 1. The number of hydrogen-bond acceptors (Lipinski definition) is 5. The quantitative estimate of drug-likeness (QED) is 0.906. The summed E-state index contributed by atoms with van der Waals surface area (Å²) in [5.74, 6) is -1.07. The van der Waals surface area contributed by atoms with Crippen molar-refractivity contribution in [2.24, 2.45) is 0 Å². The van der Waals surface area contributed by atoms with E-state index in [1.165, 1.54) is 6.07 Å². The van der Waals surface area contributed by atoms with Crippen molar-refractivity contribution in [2.75, 3.05) is 18.5 Å². The second kappa shape index (κ2) is 5.01. The Morgan fingerprint density at radius 3 is 2.82 bits per heavy atom. The molecule has 116 valence electrons. The predicted octanol–water partition coefficient (Wildman–Crippen LogP) is 1.58. The molecule has 1 aliphatic rings. The first kappa shape index (κ1) is 14.4. The van der Waals surface area contributed by atoms with Crippen molar-refractivity contribution in [3.05, 3.63) is 23.8 Å². The van der Waals surface area contributed by atoms with E-state index in [4.69, 9.17) is 4.42 Å². The lowest BCUT2D eigenvalue weighted by molar-refractivity contribution is -0.133. The molecule has 1 aliphatic heterocycles. The van der Waals surface area contributed by atoms with Crippen molar-refractivity contribution >= 4 is 29.0 Å². The lowest BCUT2D eigenvalue weighted by Gasteiger charge is -2.41. The van der Waals surface area contributed by atoms with E-state index in [1.807, 2.05) is 6.92 Å². The average Bonchev–Trinajstić information content (AvgIpc) is 2.87. The zero-order chi connectivity index (χ0) is 16.0. The maximum absolute atomic E-state index is 12.2. The van der Waals surface area contributed by atoms with Crippen molar-refractivity contribution in [2.45, 2.75) is 25.9 Å². The lowest BCUT2D eigenvalue weighted by Crippen LogP contribution is -2.59. The Labute approximate surface area is 127 Å². The normalized spacial score (nSPS) is 22.4. The topological polar surface area (TPSA) is 86.9 Å². The smallest absolute Gasteiger partial charge is 0.338 e. The minimum atomic E-state index is -1.05. The van der Waals surface area contributed by atoms with Gasteiger partial charge in [0.25, 0.3) is 6.01 Å². The number of para-hydroxylation sites is 1. The van der Waals surface area contributed by atoms with Crippen LogP contribution >= 0.6 is 0 Å². The van der Waals surface area contributed by atoms with Gasteiger partial charge < -0.3 is 19.3 Å². The van der Waals surface area contributed by atoms with Crippen LogP contribution < -0.4 is 4.90 Å². The van der Waals surface area contributed by atoms with E-state index in [1.54, 1.807) is 35.9 Å². The van der Waals surface area contributed by atoms with Gasteiger partial charge in [-0.25, -0.2) is 4.79 Å². The molecule has 1 aromatic heterocycles. The number of carboxylic acids is 1. The first-order chi connectivity index (χ1) is 10.4. The first-order valence-corrected chi connectivity index (χ1v) is 7.06. The molecular weight excluding hydrogens is 286 g/mol. The molecule has 1 saturated heterocycles. The van der Waals surface area contributed by atoms with Crippen molar-refractivity contribution in [1.82, 2.24) is 9.88 Å². The Bertz CT molecular complexity index is 754. The molecule has 2 heterocycles. The van der Waals surface area contributed by atoms with Crippen LogP contribution in [-0.4, -0.2) is 52.5 Å². The van der Waals surface area contributed by atoms with E-state index in [2.05, 4.69) is 4.98 Å². The molecule has 0 saturated carbocycles. The molecule has 1 fully saturated rings. The van der Waals surface area contributed by atoms with Gasteiger partial charge in [-0.15, -0.1) is 0 Å². The van der Waals surface area contributed by atoms with Crippen LogP contribution in [-0.2, 0) is 4.79 Å². The molecule has 1 aromatic carbocycles. The second-order valence-corrected chi connectivity index (χ2v) is 5.60. The van der Waals surface area contributed by atoms with Crippen LogP contribution in [0.3, 0.4) is 0 Å². The number of aromatic carboxylic acids is 1. The van der Waals surface area contributed by atoms with Gasteiger partial charge in [0, 0.05) is 19.6 Å². The van der Waals surface area contributed by atoms with Crippen LogP contribution in [0.5, 0.6) is 0 Å². The minimum Gasteiger partial charge on any atom is -0.478 e. The van der Waals surface area contributed by atoms with Gasteiger partial charge >= 0.3 is 5.97 Å². The molecule has 7 nitrogen and oxygen atoms in total. The lowest BCUT2D eigenvalue weighted by atomic mass is 10.1. The number of carbonyl (C=O) groups excluding carboxylic acids is 1. The van der Waals surface area contributed by atoms with Crippen molar-refractivity contribution in [3.63, 3.8) is 0 Å². The highest BCUT2D eigenvalue weighted by Crippen LogP contribution is 2.29. The van der Waals surface area contributed by atoms with E-state index in [-0.39, 0.29) is 23.5 Å². The summed E-state index contributed by atoms with van der Waals surface area (Å²) in [5, 5.41) is 9.23. The standard InChI is InChI=1S/C15H17N3O4/c1-8-7-17(3)13(19)9(2)18(8)15-16-12-10(14(20)21)5-4-6-11(12)22-15/h4-6,8-9H,7H2,1-3H3,(H,20,21)/t8-,9-/m0/s1. The molecular formula is C15H17N3O4. The van der Waals surface area contributed by atoms with Crippen molar-refractivity contribution in [1.29, 1.82) is 0 Å². The number of fused-ring (bicyclic) bond motifs is 1. The van der Waals surface area contributed by atoms with Gasteiger partial charge in [0.15, 0.2) is 5.58 Å². The van der Waals surface area contributed by atoms with Crippen molar-refractivity contribution < 1.29 is 19.1 Å². The Hall–Kier alpha value is -2.57. The Morgan fingerprint density at radius 2 is 2.14 bits per heavy atom. The predicted molar refractivity (Wildman–Crippen MR) is 80.0 cm³/mol. The number of piperazine rings is 1. The molecule has 0 radical (unpaired) electrons. The number of nitrogens with zero attached hydrogens (tertiary/aromatic N) is 3. The SMILES string of the molecule is C[C@H]1CN(C)C(=O)[C@H](C)N1c1nc2c(C(=O)O)cccc2o1. The largest absolute Gasteiger partial charge is 0.478 e. The molecule has 7 heteroatoms. The number of benzene rings is 1. The summed E-state index contributed by atoms with van der Waals surface area (Å²) < 4.78 is 5.70. The molecule has 0 unspecified atom stereocenters. The number of carbonyl (C=O) groups is 2. The van der Waals surface area contributed by atoms with Crippen LogP contribution in [0, 0.1) is 0 Å². The van der Waals surface area contributed by atoms with Gasteiger partial charge in [0.1, 0.15) is 11.6 Å². The number of anilines is 1. The number of oxazole rings is 1. The first-order valence-electron chi connectivity index (χ1n) is 7.06. The van der Waals surface area contributed by atoms with Gasteiger partial charge in [-0.3, -0.25) is 4.79 Å². The maximum atomic E-state index is 12.2. The summed E-state index contributed by atoms with van der Waals surface area (Å²) in [7, 11) is 1.77. The fourth-order valence-corrected chi connectivity index (χ4v) is 2.97. The van der Waals surface area contributed by atoms with Crippen LogP contribution in [0.4, 0.5) is 6.01 Å². The number of rotatable bonds is 2. The Morgan fingerprint density at radius 1 is 1.41 bits per heavy atom. The second-order valence-electron chi connectivity index (χ2n) is 5.60. The zero-order valence-corrected chi connectivity index (χ0v) is 12.6. The third-order valence-electron chi connectivity index (χ3n) is 4.02. The number of hydrogen-bond donors (Lipinski definition) is 1. The monoisotopic (exact) mass is 303 g/mol. The molecule has 2 atom stereocenters. The molecule has 0 aliphatic carbocycles.